The van der Waals surface area contributed by atoms with Crippen LogP contribution in [0.1, 0.15) is 138 Å². The molecule has 0 aliphatic carbocycles. The zero-order chi connectivity index (χ0) is 35.8. The zero-order valence-electron chi connectivity index (χ0n) is 29.3. The quantitative estimate of drug-likeness (QED) is 0.0589. The third kappa shape index (κ3) is 78.2. The molecule has 0 aromatic carbocycles. The third-order valence-electron chi connectivity index (χ3n) is 5.18. The molecular formula is C34H73N3O9. The van der Waals surface area contributed by atoms with Gasteiger partial charge in [0.15, 0.2) is 0 Å². The van der Waals surface area contributed by atoms with Crippen molar-refractivity contribution in [1.82, 2.24) is 5.32 Å². The predicted molar refractivity (Wildman–Crippen MR) is 189 cm³/mol. The maximum atomic E-state index is 11.7. The topological polar surface area (TPSA) is 205 Å². The van der Waals surface area contributed by atoms with E-state index in [2.05, 4.69) is 37.6 Å². The van der Waals surface area contributed by atoms with Crippen LogP contribution >= 0.6 is 0 Å². The summed E-state index contributed by atoms with van der Waals surface area (Å²) >= 11 is 0. The highest BCUT2D eigenvalue weighted by molar-refractivity contribution is 6.36. The lowest BCUT2D eigenvalue weighted by Gasteiger charge is -2.07. The highest BCUT2D eigenvalue weighted by Crippen LogP contribution is 2.12. The minimum absolute atomic E-state index is 0. The maximum Gasteiger partial charge on any atom is 0.287 e. The number of hydrogen-bond donors (Lipinski definition) is 4. The monoisotopic (exact) mass is 668 g/mol. The molecule has 0 bridgehead atoms. The first-order chi connectivity index (χ1) is 21.8. The fraction of sp³-hybridized carbons (Fsp3) is 0.824. The number of ether oxygens (including phenoxy) is 2. The van der Waals surface area contributed by atoms with E-state index >= 15 is 0 Å². The van der Waals surface area contributed by atoms with E-state index in [0.29, 0.717) is 32.8 Å². The Morgan fingerprint density at radius 3 is 1.43 bits per heavy atom. The highest BCUT2D eigenvalue weighted by Gasteiger charge is 2.04. The standard InChI is InChI=1S/C23H45NO4.C3H5NO3.C3H8.C2H4O.CH5N.CH2O.CH4/c1-2-19-27-21-22-28-20-17-24-23(26)16-14-12-10-8-6-4-3-5-7-9-11-13-15-18-25;4-3(7)2(6)1-5;1-3-2;1-2-3;2*1-2;/h18H,2-17,19-22H2,1H3,(H,24,26);5H,1H2,(H2,4,7);3H2,1-2H3;2H,1H3;2H2,1H3;1H2;1H4. The molecule has 12 heteroatoms. The average molecular weight is 668 g/mol. The van der Waals surface area contributed by atoms with Gasteiger partial charge in [-0.05, 0) is 33.2 Å². The van der Waals surface area contributed by atoms with Crippen molar-refractivity contribution in [3.63, 3.8) is 0 Å². The summed E-state index contributed by atoms with van der Waals surface area (Å²) in [5, 5.41) is 10.8. The Labute approximate surface area is 281 Å². The van der Waals surface area contributed by atoms with Gasteiger partial charge in [0.05, 0.1) is 19.8 Å². The van der Waals surface area contributed by atoms with Gasteiger partial charge in [-0.2, -0.15) is 0 Å². The Balaban J connectivity index is -0.000000140. The second kappa shape index (κ2) is 65.2. The number of amides is 2. The molecule has 0 atom stereocenters. The first-order valence-electron chi connectivity index (χ1n) is 16.4. The molecule has 0 unspecified atom stereocenters. The van der Waals surface area contributed by atoms with Crippen molar-refractivity contribution in [2.45, 2.75) is 138 Å². The Bertz CT molecular complexity index is 596. The molecule has 46 heavy (non-hydrogen) atoms. The van der Waals surface area contributed by atoms with Crippen molar-refractivity contribution < 1.29 is 43.3 Å². The minimum atomic E-state index is -1.09. The Morgan fingerprint density at radius 1 is 0.739 bits per heavy atom. The third-order valence-corrected chi connectivity index (χ3v) is 5.18. The van der Waals surface area contributed by atoms with Gasteiger partial charge in [-0.25, -0.2) is 0 Å². The predicted octanol–water partition coefficient (Wildman–Crippen LogP) is 4.89. The number of Topliss-reactive ketones (excluding diaryl/α,β-unsaturated/α-hetero) is 1. The summed E-state index contributed by atoms with van der Waals surface area (Å²) in [5.41, 5.74) is 8.90. The van der Waals surface area contributed by atoms with Gasteiger partial charge >= 0.3 is 0 Å². The number of nitrogens with two attached hydrogens (primary N) is 2. The molecule has 6 N–H and O–H groups in total. The number of primary amides is 1. The normalized spacial score (nSPS) is 8.76. The number of aliphatic hydroxyl groups is 1. The Kier molecular flexibility index (Phi) is 83.5. The van der Waals surface area contributed by atoms with Gasteiger partial charge in [-0.3, -0.25) is 14.4 Å². The number of aliphatic hydroxyl groups excluding tert-OH is 1. The van der Waals surface area contributed by atoms with Crippen LogP contribution in [-0.2, 0) is 38.2 Å². The maximum absolute atomic E-state index is 11.7. The van der Waals surface area contributed by atoms with Gasteiger partial charge in [0.2, 0.25) is 11.7 Å². The summed E-state index contributed by atoms with van der Waals surface area (Å²) < 4.78 is 10.7. The summed E-state index contributed by atoms with van der Waals surface area (Å²) in [6.45, 7) is 12.1. The van der Waals surface area contributed by atoms with Crippen LogP contribution in [0.25, 0.3) is 0 Å². The van der Waals surface area contributed by atoms with Crippen LogP contribution in [0.4, 0.5) is 0 Å². The Hall–Kier alpha value is -2.54. The van der Waals surface area contributed by atoms with Gasteiger partial charge in [0.1, 0.15) is 26.0 Å². The minimum Gasteiger partial charge on any atom is -0.388 e. The van der Waals surface area contributed by atoms with Crippen molar-refractivity contribution in [2.75, 3.05) is 46.6 Å². The molecule has 0 heterocycles. The van der Waals surface area contributed by atoms with E-state index in [-0.39, 0.29) is 13.3 Å². The van der Waals surface area contributed by atoms with Gasteiger partial charge in [0.25, 0.3) is 5.91 Å². The fourth-order valence-corrected chi connectivity index (χ4v) is 3.18. The van der Waals surface area contributed by atoms with E-state index < -0.39 is 18.3 Å². The van der Waals surface area contributed by atoms with Crippen LogP contribution < -0.4 is 16.8 Å². The number of carbonyl (C=O) groups is 6. The van der Waals surface area contributed by atoms with Gasteiger partial charge in [-0.1, -0.05) is 98.8 Å². The number of ketones is 1. The summed E-state index contributed by atoms with van der Waals surface area (Å²) in [4.78, 5) is 58.2. The van der Waals surface area contributed by atoms with Crippen molar-refractivity contribution in [1.29, 1.82) is 0 Å². The molecule has 0 aliphatic heterocycles. The highest BCUT2D eigenvalue weighted by atomic mass is 16.5. The lowest BCUT2D eigenvalue weighted by Crippen LogP contribution is -2.27. The second-order valence-electron chi connectivity index (χ2n) is 9.41. The van der Waals surface area contributed by atoms with Crippen LogP contribution in [0, 0.1) is 0 Å². The van der Waals surface area contributed by atoms with E-state index in [4.69, 9.17) is 24.2 Å². The van der Waals surface area contributed by atoms with Crippen molar-refractivity contribution in [3.05, 3.63) is 0 Å². The van der Waals surface area contributed by atoms with Crippen molar-refractivity contribution in [2.24, 2.45) is 11.5 Å². The molecule has 0 fully saturated rings. The van der Waals surface area contributed by atoms with Crippen LogP contribution in [0.3, 0.4) is 0 Å². The van der Waals surface area contributed by atoms with Crippen LogP contribution in [0.15, 0.2) is 0 Å². The number of aldehydes is 2. The number of unbranched alkanes of at least 4 members (excludes halogenated alkanes) is 12. The summed E-state index contributed by atoms with van der Waals surface area (Å²) in [5.74, 6) is -1.92. The van der Waals surface area contributed by atoms with E-state index in [1.807, 2.05) is 6.79 Å². The molecular weight excluding hydrogens is 594 g/mol. The molecule has 0 aromatic rings. The first-order valence-corrected chi connectivity index (χ1v) is 16.4. The van der Waals surface area contributed by atoms with Gasteiger partial charge in [0, 0.05) is 26.0 Å². The summed E-state index contributed by atoms with van der Waals surface area (Å²) in [7, 11) is 1.50. The first kappa shape index (κ1) is 58.9. The summed E-state index contributed by atoms with van der Waals surface area (Å²) in [6, 6.07) is 0. The van der Waals surface area contributed by atoms with Gasteiger partial charge in [-0.15, -0.1) is 0 Å². The van der Waals surface area contributed by atoms with Gasteiger partial charge < -0.3 is 45.7 Å². The van der Waals surface area contributed by atoms with E-state index in [1.54, 1.807) is 0 Å². The summed E-state index contributed by atoms with van der Waals surface area (Å²) in [6.07, 6.45) is 20.2. The van der Waals surface area contributed by atoms with Crippen molar-refractivity contribution >= 4 is 37.0 Å². The molecule has 0 aromatic heterocycles. The molecule has 0 spiro atoms. The lowest BCUT2D eigenvalue weighted by molar-refractivity contribution is -0.137. The number of carbonyl (C=O) groups excluding carboxylic acids is 6. The lowest BCUT2D eigenvalue weighted by atomic mass is 10.0. The smallest absolute Gasteiger partial charge is 0.287 e. The zero-order valence-corrected chi connectivity index (χ0v) is 29.3. The molecule has 278 valence electrons. The number of nitrogens with one attached hydrogen (secondary N) is 1. The Morgan fingerprint density at radius 2 is 1.11 bits per heavy atom. The molecule has 0 radical (unpaired) electrons. The van der Waals surface area contributed by atoms with E-state index in [1.165, 1.54) is 78.2 Å². The van der Waals surface area contributed by atoms with Crippen LogP contribution in [-0.4, -0.2) is 88.7 Å². The van der Waals surface area contributed by atoms with E-state index in [0.717, 1.165) is 51.3 Å². The second-order valence-corrected chi connectivity index (χ2v) is 9.41. The molecule has 0 saturated heterocycles. The van der Waals surface area contributed by atoms with Crippen molar-refractivity contribution in [3.8, 4) is 0 Å². The fourth-order valence-electron chi connectivity index (χ4n) is 3.18. The number of rotatable bonds is 25. The molecule has 12 nitrogen and oxygen atoms in total. The molecule has 0 rings (SSSR count). The molecule has 0 saturated carbocycles. The average Bonchev–Trinajstić information content (AvgIpc) is 3.05. The SMILES string of the molecule is C.C=O.CC=O.CCC.CCCOCCOCCNC(=O)CCCCCCCCCCCCCCC=O.CN.NC(=O)C(=O)CO. The largest absolute Gasteiger partial charge is 0.388 e. The number of hydrogen-bond acceptors (Lipinski definition) is 10. The molecule has 0 aliphatic rings. The van der Waals surface area contributed by atoms with Crippen LogP contribution in [0.2, 0.25) is 0 Å². The van der Waals surface area contributed by atoms with Crippen LogP contribution in [0.5, 0.6) is 0 Å². The molecule has 2 amide bonds. The van der Waals surface area contributed by atoms with E-state index in [9.17, 15) is 19.2 Å².